The van der Waals surface area contributed by atoms with E-state index in [9.17, 15) is 9.59 Å². The van der Waals surface area contributed by atoms with Gasteiger partial charge in [-0.05, 0) is 0 Å². The quantitative estimate of drug-likeness (QED) is 0.452. The highest BCUT2D eigenvalue weighted by molar-refractivity contribution is 8.15. The Morgan fingerprint density at radius 3 is 2.03 bits per heavy atom. The number of aromatic nitrogens is 4. The molecular weight excluding hydrogens is 466 g/mol. The SMILES string of the molecule is C.Cl.N#Cc1cncnc1.NCC(S)C(=O)O.O=C(O)C1CN=C(c2cncnc2)S1. The van der Waals surface area contributed by atoms with Gasteiger partial charge < -0.3 is 15.9 Å². The summed E-state index contributed by atoms with van der Waals surface area (Å²) in [7, 11) is 0. The van der Waals surface area contributed by atoms with Gasteiger partial charge >= 0.3 is 11.9 Å². The summed E-state index contributed by atoms with van der Waals surface area (Å²) < 4.78 is 0. The predicted molar refractivity (Wildman–Crippen MR) is 123 cm³/mol. The minimum absolute atomic E-state index is 0. The van der Waals surface area contributed by atoms with E-state index in [1.54, 1.807) is 12.4 Å². The van der Waals surface area contributed by atoms with E-state index in [-0.39, 0.29) is 26.4 Å². The molecule has 0 bridgehead atoms. The number of hydrogen-bond donors (Lipinski definition) is 4. The minimum atomic E-state index is -0.967. The molecule has 1 aliphatic heterocycles. The number of thiol groups is 1. The molecule has 14 heteroatoms. The van der Waals surface area contributed by atoms with Crippen LogP contribution in [0.25, 0.3) is 0 Å². The van der Waals surface area contributed by atoms with E-state index in [0.717, 1.165) is 5.56 Å². The molecule has 0 amide bonds. The van der Waals surface area contributed by atoms with Gasteiger partial charge in [-0.2, -0.15) is 17.9 Å². The summed E-state index contributed by atoms with van der Waals surface area (Å²) in [6.45, 7) is 0.405. The first-order valence-electron chi connectivity index (χ1n) is 7.84. The molecule has 1 aliphatic rings. The number of aliphatic imine (C=N–C) groups is 1. The maximum Gasteiger partial charge on any atom is 0.318 e. The highest BCUT2D eigenvalue weighted by Crippen LogP contribution is 2.24. The van der Waals surface area contributed by atoms with Gasteiger partial charge in [-0.1, -0.05) is 19.2 Å². The highest BCUT2D eigenvalue weighted by atomic mass is 35.5. The van der Waals surface area contributed by atoms with Gasteiger partial charge in [-0.3, -0.25) is 14.6 Å². The normalized spacial score (nSPS) is 14.4. The largest absolute Gasteiger partial charge is 0.480 e. The second-order valence-electron chi connectivity index (χ2n) is 5.05. The summed E-state index contributed by atoms with van der Waals surface area (Å²) >= 11 is 4.84. The molecule has 31 heavy (non-hydrogen) atoms. The smallest absolute Gasteiger partial charge is 0.318 e. The third-order valence-corrected chi connectivity index (χ3v) is 4.59. The molecule has 0 spiro atoms. The fraction of sp³-hybridized carbons (Fsp3) is 0.294. The summed E-state index contributed by atoms with van der Waals surface area (Å²) in [5.41, 5.74) is 6.19. The number of carbonyl (C=O) groups is 2. The molecule has 0 saturated carbocycles. The van der Waals surface area contributed by atoms with Gasteiger partial charge in [0, 0.05) is 36.9 Å². The lowest BCUT2D eigenvalue weighted by Crippen LogP contribution is -2.23. The Hall–Kier alpha value is -2.79. The standard InChI is InChI=1S/C8H7N3O2S.C5H3N3.C3H7NO2S.CH4.ClH/c12-8(13)6-3-11-7(14-6)5-1-9-4-10-2-5;6-1-5-2-7-4-8-3-5;4-1-2(7)3(5)6;;/h1-2,4,6H,3H2,(H,12,13);2-4H;2,7H,1,4H2,(H,5,6);1H4;1H. The van der Waals surface area contributed by atoms with E-state index in [2.05, 4.69) is 37.6 Å². The lowest BCUT2D eigenvalue weighted by molar-refractivity contribution is -0.137. The maximum atomic E-state index is 10.7. The molecule has 0 radical (unpaired) electrons. The van der Waals surface area contributed by atoms with Gasteiger partial charge in [0.1, 0.15) is 34.3 Å². The maximum absolute atomic E-state index is 10.7. The molecule has 0 saturated heterocycles. The highest BCUT2D eigenvalue weighted by Gasteiger charge is 2.26. The van der Waals surface area contributed by atoms with E-state index < -0.39 is 22.4 Å². The molecular formula is C17H22ClN7O4S2. The van der Waals surface area contributed by atoms with Crippen molar-refractivity contribution >= 4 is 53.8 Å². The van der Waals surface area contributed by atoms with E-state index >= 15 is 0 Å². The Labute approximate surface area is 195 Å². The van der Waals surface area contributed by atoms with Crippen molar-refractivity contribution in [2.24, 2.45) is 10.7 Å². The molecule has 2 atom stereocenters. The number of nitrogens with two attached hydrogens (primary N) is 1. The number of hydrogen-bond acceptors (Lipinski definition) is 11. The van der Waals surface area contributed by atoms with Crippen LogP contribution in [-0.2, 0) is 9.59 Å². The molecule has 4 N–H and O–H groups in total. The molecule has 2 aromatic rings. The molecule has 11 nitrogen and oxygen atoms in total. The van der Waals surface area contributed by atoms with Gasteiger partial charge in [0.25, 0.3) is 0 Å². The van der Waals surface area contributed by atoms with Crippen molar-refractivity contribution in [2.45, 2.75) is 17.9 Å². The molecule has 3 rings (SSSR count). The van der Waals surface area contributed by atoms with Crippen LogP contribution in [0.2, 0.25) is 0 Å². The van der Waals surface area contributed by atoms with Crippen molar-refractivity contribution in [1.29, 1.82) is 5.26 Å². The topological polar surface area (TPSA) is 188 Å². The van der Waals surface area contributed by atoms with Crippen LogP contribution in [0.1, 0.15) is 18.6 Å². The van der Waals surface area contributed by atoms with Crippen LogP contribution >= 0.6 is 36.8 Å². The third-order valence-electron chi connectivity index (χ3n) is 2.94. The molecule has 168 valence electrons. The van der Waals surface area contributed by atoms with E-state index in [0.29, 0.717) is 17.2 Å². The minimum Gasteiger partial charge on any atom is -0.480 e. The number of carboxylic acids is 2. The fourth-order valence-corrected chi connectivity index (χ4v) is 2.44. The third kappa shape index (κ3) is 11.8. The number of halogens is 1. The van der Waals surface area contributed by atoms with Crippen molar-refractivity contribution < 1.29 is 19.8 Å². The number of nitrogens with zero attached hydrogens (tertiary/aromatic N) is 6. The zero-order valence-electron chi connectivity index (χ0n) is 15.3. The summed E-state index contributed by atoms with van der Waals surface area (Å²) in [6.07, 6.45) is 9.01. The zero-order chi connectivity index (χ0) is 21.6. The van der Waals surface area contributed by atoms with Crippen molar-refractivity contribution in [3.8, 4) is 6.07 Å². The van der Waals surface area contributed by atoms with E-state index in [1.165, 1.54) is 36.8 Å². The summed E-state index contributed by atoms with van der Waals surface area (Å²) in [6, 6.07) is 1.90. The number of thioether (sulfide) groups is 1. The Morgan fingerprint density at radius 1 is 1.19 bits per heavy atom. The number of aliphatic carboxylic acids is 2. The Balaban J connectivity index is 0. The Morgan fingerprint density at radius 2 is 1.71 bits per heavy atom. The summed E-state index contributed by atoms with van der Waals surface area (Å²) in [4.78, 5) is 39.5. The van der Waals surface area contributed by atoms with E-state index in [1.807, 2.05) is 6.07 Å². The van der Waals surface area contributed by atoms with Crippen molar-refractivity contribution in [3.05, 3.63) is 48.6 Å². The average Bonchev–Trinajstić information content (AvgIpc) is 3.26. The molecule has 0 fully saturated rings. The molecule has 0 aliphatic carbocycles. The van der Waals surface area contributed by atoms with Crippen LogP contribution in [0.4, 0.5) is 0 Å². The molecule has 3 heterocycles. The summed E-state index contributed by atoms with van der Waals surface area (Å²) in [5, 5.41) is 24.5. The molecule has 2 unspecified atom stereocenters. The van der Waals surface area contributed by atoms with Crippen LogP contribution in [-0.4, -0.2) is 70.7 Å². The van der Waals surface area contributed by atoms with Gasteiger partial charge in [-0.15, -0.1) is 12.4 Å². The fourth-order valence-electron chi connectivity index (χ4n) is 1.53. The van der Waals surface area contributed by atoms with Crippen LogP contribution in [0.5, 0.6) is 0 Å². The van der Waals surface area contributed by atoms with Crippen LogP contribution in [0, 0.1) is 11.3 Å². The average molecular weight is 488 g/mol. The van der Waals surface area contributed by atoms with E-state index in [4.69, 9.17) is 21.2 Å². The van der Waals surface area contributed by atoms with Gasteiger partial charge in [-0.25, -0.2) is 19.9 Å². The number of carboxylic acid groups (broad SMARTS) is 2. The Bertz CT molecular complexity index is 870. The van der Waals surface area contributed by atoms with Crippen molar-refractivity contribution in [2.75, 3.05) is 13.1 Å². The van der Waals surface area contributed by atoms with Crippen molar-refractivity contribution in [3.63, 3.8) is 0 Å². The zero-order valence-corrected chi connectivity index (χ0v) is 17.8. The predicted octanol–water partition coefficient (Wildman–Crippen LogP) is 1.16. The first-order valence-corrected chi connectivity index (χ1v) is 9.24. The second kappa shape index (κ2) is 16.9. The van der Waals surface area contributed by atoms with Crippen LogP contribution in [0.3, 0.4) is 0 Å². The number of nitriles is 1. The monoisotopic (exact) mass is 487 g/mol. The number of rotatable bonds is 4. The van der Waals surface area contributed by atoms with Crippen LogP contribution < -0.4 is 5.73 Å². The van der Waals surface area contributed by atoms with Gasteiger partial charge in [0.15, 0.2) is 0 Å². The Kier molecular flexibility index (Phi) is 16.6. The lowest BCUT2D eigenvalue weighted by atomic mass is 10.4. The van der Waals surface area contributed by atoms with Gasteiger partial charge in [0.05, 0.1) is 12.1 Å². The van der Waals surface area contributed by atoms with Crippen molar-refractivity contribution in [1.82, 2.24) is 19.9 Å². The van der Waals surface area contributed by atoms with Crippen LogP contribution in [0.15, 0.2) is 42.4 Å². The molecule has 2 aromatic heterocycles. The summed E-state index contributed by atoms with van der Waals surface area (Å²) in [5.74, 6) is -1.79. The molecule has 0 aromatic carbocycles. The first kappa shape index (κ1) is 30.4. The van der Waals surface area contributed by atoms with Gasteiger partial charge in [0.2, 0.25) is 0 Å². The second-order valence-corrected chi connectivity index (χ2v) is 6.86. The first-order chi connectivity index (χ1) is 13.9. The lowest BCUT2D eigenvalue weighted by Gasteiger charge is -2.00.